The zero-order valence-electron chi connectivity index (χ0n) is 17.6. The number of methoxy groups -OCH3 is 1. The number of hydrogen-bond acceptors (Lipinski definition) is 5. The number of ether oxygens (including phenoxy) is 3. The molecule has 7 nitrogen and oxygen atoms in total. The number of rotatable bonds is 7. The van der Waals surface area contributed by atoms with E-state index in [2.05, 4.69) is 5.32 Å². The minimum atomic E-state index is -0.728. The van der Waals surface area contributed by atoms with E-state index in [0.717, 1.165) is 6.07 Å². The molecule has 1 aliphatic rings. The fraction of sp³-hybridized carbons (Fsp3) is 0.167. The molecular weight excluding hydrogens is 451 g/mol. The number of benzene rings is 3. The quantitative estimate of drug-likeness (QED) is 0.548. The summed E-state index contributed by atoms with van der Waals surface area (Å²) in [6, 6.07) is 15.9. The average molecular weight is 471 g/mol. The Hall–Kier alpha value is -3.78. The summed E-state index contributed by atoms with van der Waals surface area (Å²) in [6.45, 7) is 0.392. The third kappa shape index (κ3) is 5.01. The largest absolute Gasteiger partial charge is 0.497 e. The Kier molecular flexibility index (Phi) is 6.65. The fourth-order valence-electron chi connectivity index (χ4n) is 3.36. The topological polar surface area (TPSA) is 77.1 Å². The molecule has 0 saturated carbocycles. The highest BCUT2D eigenvalue weighted by Crippen LogP contribution is 2.35. The lowest BCUT2D eigenvalue weighted by atomic mass is 10.1. The van der Waals surface area contributed by atoms with Crippen LogP contribution < -0.4 is 24.4 Å². The molecule has 170 valence electrons. The van der Waals surface area contributed by atoms with E-state index in [1.165, 1.54) is 17.0 Å². The summed E-state index contributed by atoms with van der Waals surface area (Å²) >= 11 is 5.98. The van der Waals surface area contributed by atoms with Crippen molar-refractivity contribution in [1.29, 1.82) is 0 Å². The second kappa shape index (κ2) is 9.79. The summed E-state index contributed by atoms with van der Waals surface area (Å²) in [7, 11) is 1.58. The zero-order valence-corrected chi connectivity index (χ0v) is 18.4. The molecule has 2 amide bonds. The Balaban J connectivity index is 1.48. The Bertz CT molecular complexity index is 1170. The zero-order chi connectivity index (χ0) is 23.4. The molecule has 0 bridgehead atoms. The molecule has 0 aliphatic carbocycles. The first-order chi connectivity index (χ1) is 16.0. The summed E-state index contributed by atoms with van der Waals surface area (Å²) in [5.41, 5.74) is 0.577. The van der Waals surface area contributed by atoms with E-state index in [-0.39, 0.29) is 36.3 Å². The third-order valence-electron chi connectivity index (χ3n) is 4.99. The Labute approximate surface area is 194 Å². The van der Waals surface area contributed by atoms with E-state index in [0.29, 0.717) is 28.6 Å². The highest BCUT2D eigenvalue weighted by molar-refractivity contribution is 6.34. The van der Waals surface area contributed by atoms with E-state index in [1.807, 2.05) is 0 Å². The second-order valence-corrected chi connectivity index (χ2v) is 7.50. The van der Waals surface area contributed by atoms with Crippen molar-refractivity contribution < 1.29 is 28.2 Å². The van der Waals surface area contributed by atoms with Crippen LogP contribution in [0.5, 0.6) is 17.2 Å². The summed E-state index contributed by atoms with van der Waals surface area (Å²) in [5, 5.41) is 2.62. The number of carbonyl (C=O) groups excluding carboxylic acids is 2. The number of anilines is 2. The summed E-state index contributed by atoms with van der Waals surface area (Å²) in [6.07, 6.45) is 0. The molecule has 0 unspecified atom stereocenters. The molecule has 3 aromatic rings. The predicted octanol–water partition coefficient (Wildman–Crippen LogP) is 4.54. The molecule has 3 aromatic carbocycles. The highest BCUT2D eigenvalue weighted by atomic mass is 35.5. The van der Waals surface area contributed by atoms with Gasteiger partial charge in [-0.1, -0.05) is 17.7 Å². The van der Waals surface area contributed by atoms with Crippen molar-refractivity contribution in [1.82, 2.24) is 0 Å². The molecule has 1 heterocycles. The van der Waals surface area contributed by atoms with E-state index < -0.39 is 11.7 Å². The maximum Gasteiger partial charge on any atom is 0.265 e. The molecule has 0 atom stereocenters. The van der Waals surface area contributed by atoms with Crippen LogP contribution in [0, 0.1) is 5.82 Å². The van der Waals surface area contributed by atoms with Crippen molar-refractivity contribution >= 4 is 34.8 Å². The normalized spacial score (nSPS) is 12.6. The lowest BCUT2D eigenvalue weighted by Gasteiger charge is -2.29. The lowest BCUT2D eigenvalue weighted by Crippen LogP contribution is -2.41. The number of nitrogens with zero attached hydrogens (tertiary/aromatic N) is 1. The molecule has 0 aromatic heterocycles. The number of nitrogens with one attached hydrogen (secondary N) is 1. The molecule has 1 N–H and O–H groups in total. The minimum absolute atomic E-state index is 0.00118. The highest BCUT2D eigenvalue weighted by Gasteiger charge is 2.26. The standard InChI is InChI=1S/C24H20ClFN2O5/c1-31-16-6-8-17(9-7-16)32-12-11-28-20-13-15(5-10-21(20)33-14-22(28)29)27-24(30)23-18(25)3-2-4-19(23)26/h2-10,13H,11-12,14H2,1H3,(H,27,30). The number of amides is 2. The Morgan fingerprint density at radius 3 is 2.64 bits per heavy atom. The predicted molar refractivity (Wildman–Crippen MR) is 122 cm³/mol. The van der Waals surface area contributed by atoms with Crippen LogP contribution >= 0.6 is 11.6 Å². The first kappa shape index (κ1) is 22.4. The van der Waals surface area contributed by atoms with Gasteiger partial charge >= 0.3 is 0 Å². The average Bonchev–Trinajstić information content (AvgIpc) is 2.81. The van der Waals surface area contributed by atoms with Crippen LogP contribution in [0.3, 0.4) is 0 Å². The van der Waals surface area contributed by atoms with Crippen molar-refractivity contribution in [2.75, 3.05) is 37.1 Å². The second-order valence-electron chi connectivity index (χ2n) is 7.09. The van der Waals surface area contributed by atoms with Crippen LogP contribution in [0.4, 0.5) is 15.8 Å². The Morgan fingerprint density at radius 2 is 1.91 bits per heavy atom. The molecule has 1 aliphatic heterocycles. The van der Waals surface area contributed by atoms with E-state index in [1.54, 1.807) is 49.6 Å². The van der Waals surface area contributed by atoms with Crippen LogP contribution in [0.15, 0.2) is 60.7 Å². The van der Waals surface area contributed by atoms with Crippen molar-refractivity contribution in [3.63, 3.8) is 0 Å². The monoisotopic (exact) mass is 470 g/mol. The number of carbonyl (C=O) groups is 2. The van der Waals surface area contributed by atoms with Gasteiger partial charge in [0.05, 0.1) is 29.9 Å². The fourth-order valence-corrected chi connectivity index (χ4v) is 3.61. The van der Waals surface area contributed by atoms with Gasteiger partial charge in [0.2, 0.25) is 0 Å². The van der Waals surface area contributed by atoms with E-state index in [4.69, 9.17) is 25.8 Å². The number of hydrogen-bond donors (Lipinski definition) is 1. The smallest absolute Gasteiger partial charge is 0.265 e. The maximum atomic E-state index is 14.1. The van der Waals surface area contributed by atoms with Gasteiger partial charge in [-0.15, -0.1) is 0 Å². The molecule has 0 fully saturated rings. The first-order valence-corrected chi connectivity index (χ1v) is 10.4. The molecular formula is C24H20ClFN2O5. The van der Waals surface area contributed by atoms with Gasteiger partial charge in [-0.25, -0.2) is 4.39 Å². The summed E-state index contributed by atoms with van der Waals surface area (Å²) in [4.78, 5) is 26.6. The molecule has 0 saturated heterocycles. The molecule has 4 rings (SSSR count). The third-order valence-corrected chi connectivity index (χ3v) is 5.31. The van der Waals surface area contributed by atoms with Crippen LogP contribution in [0.2, 0.25) is 5.02 Å². The maximum absolute atomic E-state index is 14.1. The van der Waals surface area contributed by atoms with Gasteiger partial charge in [-0.3, -0.25) is 9.59 Å². The minimum Gasteiger partial charge on any atom is -0.497 e. The van der Waals surface area contributed by atoms with Gasteiger partial charge in [0, 0.05) is 5.69 Å². The molecule has 0 spiro atoms. The van der Waals surface area contributed by atoms with Gasteiger partial charge in [0.25, 0.3) is 11.8 Å². The van der Waals surface area contributed by atoms with Gasteiger partial charge in [-0.2, -0.15) is 0 Å². The lowest BCUT2D eigenvalue weighted by molar-refractivity contribution is -0.121. The number of fused-ring (bicyclic) bond motifs is 1. The van der Waals surface area contributed by atoms with Crippen molar-refractivity contribution in [2.45, 2.75) is 0 Å². The van der Waals surface area contributed by atoms with Gasteiger partial charge < -0.3 is 24.4 Å². The Morgan fingerprint density at radius 1 is 1.15 bits per heavy atom. The van der Waals surface area contributed by atoms with Crippen molar-refractivity contribution in [3.8, 4) is 17.2 Å². The van der Waals surface area contributed by atoms with E-state index in [9.17, 15) is 14.0 Å². The molecule has 33 heavy (non-hydrogen) atoms. The molecule has 0 radical (unpaired) electrons. The SMILES string of the molecule is COc1ccc(OCCN2C(=O)COc3ccc(NC(=O)c4c(F)cccc4Cl)cc32)cc1. The van der Waals surface area contributed by atoms with Gasteiger partial charge in [0.15, 0.2) is 6.61 Å². The molecule has 9 heteroatoms. The van der Waals surface area contributed by atoms with Crippen LogP contribution in [-0.4, -0.2) is 38.7 Å². The number of halogens is 2. The van der Waals surface area contributed by atoms with Gasteiger partial charge in [0.1, 0.15) is 29.7 Å². The summed E-state index contributed by atoms with van der Waals surface area (Å²) in [5.74, 6) is 0.164. The van der Waals surface area contributed by atoms with E-state index >= 15 is 0 Å². The van der Waals surface area contributed by atoms with Crippen LogP contribution in [0.25, 0.3) is 0 Å². The van der Waals surface area contributed by atoms with Crippen LogP contribution in [-0.2, 0) is 4.79 Å². The van der Waals surface area contributed by atoms with Crippen molar-refractivity contribution in [2.24, 2.45) is 0 Å². The first-order valence-electron chi connectivity index (χ1n) is 10.1. The van der Waals surface area contributed by atoms with Gasteiger partial charge in [-0.05, 0) is 54.6 Å². The van der Waals surface area contributed by atoms with Crippen molar-refractivity contribution in [3.05, 3.63) is 77.1 Å². The summed E-state index contributed by atoms with van der Waals surface area (Å²) < 4.78 is 30.4. The van der Waals surface area contributed by atoms with Crippen LogP contribution in [0.1, 0.15) is 10.4 Å².